The van der Waals surface area contributed by atoms with E-state index in [9.17, 15) is 4.39 Å². The summed E-state index contributed by atoms with van der Waals surface area (Å²) in [6.45, 7) is 5.94. The Balaban J connectivity index is 3.17. The van der Waals surface area contributed by atoms with Crippen molar-refractivity contribution in [3.8, 4) is 0 Å². The normalized spacial score (nSPS) is 12.0. The molecule has 0 unspecified atom stereocenters. The molecular formula is C4H11FP+. The standard InChI is InChI=1S/C4H11FP/c1-6(2,3)4-5/h4H2,1-3H3/q+1. The number of hydrogen-bond donors (Lipinski definition) is 0. The topological polar surface area (TPSA) is 0 Å². The fourth-order valence-electron chi connectivity index (χ4n) is 0. The van der Waals surface area contributed by atoms with E-state index in [0.29, 0.717) is 0 Å². The Bertz CT molecular complexity index is 37.3. The summed E-state index contributed by atoms with van der Waals surface area (Å²) >= 11 is 0. The zero-order chi connectivity index (χ0) is 5.21. The predicted molar refractivity (Wildman–Crippen MR) is 30.7 cm³/mol. The largest absolute Gasteiger partial charge is 0.206 e. The Morgan fingerprint density at radius 3 is 1.50 bits per heavy atom. The molecule has 0 spiro atoms. The molecule has 0 amide bonds. The van der Waals surface area contributed by atoms with Gasteiger partial charge in [-0.15, -0.1) is 0 Å². The fraction of sp³-hybridized carbons (Fsp3) is 1.00. The van der Waals surface area contributed by atoms with E-state index < -0.39 is 7.26 Å². The summed E-state index contributed by atoms with van der Waals surface area (Å²) < 4.78 is 11.5. The minimum Gasteiger partial charge on any atom is -0.206 e. The Labute approximate surface area is 39.1 Å². The second-order valence-corrected chi connectivity index (χ2v) is 7.23. The molecule has 0 radical (unpaired) electrons. The molecule has 0 atom stereocenters. The van der Waals surface area contributed by atoms with Crippen molar-refractivity contribution in [3.63, 3.8) is 0 Å². The summed E-state index contributed by atoms with van der Waals surface area (Å²) in [6.07, 6.45) is -0.118. The molecule has 0 rings (SSSR count). The second kappa shape index (κ2) is 1.88. The molecule has 0 saturated heterocycles. The van der Waals surface area contributed by atoms with Gasteiger partial charge in [-0.25, -0.2) is 4.39 Å². The molecule has 0 fully saturated rings. The van der Waals surface area contributed by atoms with Crippen LogP contribution in [0.4, 0.5) is 4.39 Å². The molecule has 0 nitrogen and oxygen atoms in total. The van der Waals surface area contributed by atoms with E-state index in [2.05, 4.69) is 0 Å². The van der Waals surface area contributed by atoms with Crippen LogP contribution in [0.3, 0.4) is 0 Å². The highest BCUT2D eigenvalue weighted by atomic mass is 31.2. The van der Waals surface area contributed by atoms with E-state index in [4.69, 9.17) is 0 Å². The van der Waals surface area contributed by atoms with Gasteiger partial charge in [-0.1, -0.05) is 0 Å². The van der Waals surface area contributed by atoms with Crippen LogP contribution in [0.2, 0.25) is 0 Å². The van der Waals surface area contributed by atoms with E-state index >= 15 is 0 Å². The number of hydrogen-bond acceptors (Lipinski definition) is 0. The molecular weight excluding hydrogens is 98.0 g/mol. The third-order valence-electron chi connectivity index (χ3n) is 0.359. The van der Waals surface area contributed by atoms with Crippen LogP contribution >= 0.6 is 7.26 Å². The Hall–Kier alpha value is 0.360. The molecule has 6 heavy (non-hydrogen) atoms. The quantitative estimate of drug-likeness (QED) is 0.450. The zero-order valence-corrected chi connectivity index (χ0v) is 5.43. The van der Waals surface area contributed by atoms with Crippen molar-refractivity contribution in [3.05, 3.63) is 0 Å². The first-order valence-electron chi connectivity index (χ1n) is 1.93. The summed E-state index contributed by atoms with van der Waals surface area (Å²) in [5, 5.41) is 0. The van der Waals surface area contributed by atoms with Crippen LogP contribution in [0.25, 0.3) is 0 Å². The molecule has 38 valence electrons. The minimum absolute atomic E-state index is 0.118. The van der Waals surface area contributed by atoms with Crippen molar-refractivity contribution in [2.45, 2.75) is 0 Å². The molecule has 0 aromatic carbocycles. The van der Waals surface area contributed by atoms with Gasteiger partial charge < -0.3 is 0 Å². The Kier molecular flexibility index (Phi) is 1.99. The number of rotatable bonds is 1. The summed E-state index contributed by atoms with van der Waals surface area (Å²) in [4.78, 5) is 0. The van der Waals surface area contributed by atoms with Gasteiger partial charge >= 0.3 is 0 Å². The van der Waals surface area contributed by atoms with Crippen LogP contribution in [0, 0.1) is 0 Å². The second-order valence-electron chi connectivity index (χ2n) is 2.41. The summed E-state index contributed by atoms with van der Waals surface area (Å²) in [5.74, 6) is 0. The van der Waals surface area contributed by atoms with Crippen LogP contribution < -0.4 is 0 Å². The average molecular weight is 109 g/mol. The lowest BCUT2D eigenvalue weighted by molar-refractivity contribution is 0.596. The van der Waals surface area contributed by atoms with Crippen LogP contribution in [-0.2, 0) is 0 Å². The first kappa shape index (κ1) is 6.36. The minimum atomic E-state index is -1.06. The third kappa shape index (κ3) is 4.36. The fourth-order valence-corrected chi connectivity index (χ4v) is 0. The van der Waals surface area contributed by atoms with Crippen LogP contribution in [0.15, 0.2) is 0 Å². The summed E-state index contributed by atoms with van der Waals surface area (Å²) in [7, 11) is -1.06. The highest BCUT2D eigenvalue weighted by molar-refractivity contribution is 7.73. The highest BCUT2D eigenvalue weighted by Gasteiger charge is 2.14. The van der Waals surface area contributed by atoms with Gasteiger partial charge in [0.2, 0.25) is 0 Å². The van der Waals surface area contributed by atoms with Gasteiger partial charge in [-0.05, 0) is 0 Å². The molecule has 0 saturated carbocycles. The molecule has 0 aliphatic heterocycles. The molecule has 0 aromatic heterocycles. The smallest absolute Gasteiger partial charge is 0.194 e. The van der Waals surface area contributed by atoms with Crippen molar-refractivity contribution in [2.24, 2.45) is 0 Å². The van der Waals surface area contributed by atoms with E-state index in [-0.39, 0.29) is 6.42 Å². The Morgan fingerprint density at radius 2 is 1.50 bits per heavy atom. The van der Waals surface area contributed by atoms with Crippen LogP contribution in [0.5, 0.6) is 0 Å². The molecule has 0 N–H and O–H groups in total. The van der Waals surface area contributed by atoms with E-state index in [1.54, 1.807) is 0 Å². The molecule has 2 heteroatoms. The van der Waals surface area contributed by atoms with E-state index in [0.717, 1.165) is 0 Å². The van der Waals surface area contributed by atoms with Gasteiger partial charge in [0.15, 0.2) is 6.42 Å². The molecule has 0 bridgehead atoms. The lowest BCUT2D eigenvalue weighted by Gasteiger charge is -2.02. The van der Waals surface area contributed by atoms with Crippen molar-refractivity contribution in [1.29, 1.82) is 0 Å². The maximum Gasteiger partial charge on any atom is 0.194 e. The van der Waals surface area contributed by atoms with Crippen LogP contribution in [-0.4, -0.2) is 26.4 Å². The van der Waals surface area contributed by atoms with Gasteiger partial charge in [0.1, 0.15) is 0 Å². The summed E-state index contributed by atoms with van der Waals surface area (Å²) in [5.41, 5.74) is 0. The van der Waals surface area contributed by atoms with Crippen molar-refractivity contribution >= 4 is 7.26 Å². The van der Waals surface area contributed by atoms with Gasteiger partial charge in [0, 0.05) is 7.26 Å². The van der Waals surface area contributed by atoms with Crippen LogP contribution in [0.1, 0.15) is 0 Å². The third-order valence-corrected chi connectivity index (χ3v) is 1.08. The predicted octanol–water partition coefficient (Wildman–Crippen LogP) is 1.82. The maximum atomic E-state index is 11.5. The molecule has 0 aliphatic rings. The molecule has 0 aliphatic carbocycles. The van der Waals surface area contributed by atoms with Gasteiger partial charge in [0.05, 0.1) is 20.0 Å². The van der Waals surface area contributed by atoms with Gasteiger partial charge in [-0.2, -0.15) is 0 Å². The zero-order valence-electron chi connectivity index (χ0n) is 4.53. The van der Waals surface area contributed by atoms with Crippen molar-refractivity contribution in [1.82, 2.24) is 0 Å². The van der Waals surface area contributed by atoms with Crippen molar-refractivity contribution < 1.29 is 4.39 Å². The van der Waals surface area contributed by atoms with Gasteiger partial charge in [-0.3, -0.25) is 0 Å². The van der Waals surface area contributed by atoms with Gasteiger partial charge in [0.25, 0.3) is 0 Å². The number of alkyl halides is 1. The average Bonchev–Trinajstić information content (AvgIpc) is 1.35. The monoisotopic (exact) mass is 109 g/mol. The van der Waals surface area contributed by atoms with E-state index in [1.165, 1.54) is 0 Å². The summed E-state index contributed by atoms with van der Waals surface area (Å²) in [6, 6.07) is 0. The lowest BCUT2D eigenvalue weighted by Crippen LogP contribution is -1.83. The molecule has 0 aromatic rings. The lowest BCUT2D eigenvalue weighted by atomic mass is 11.7. The SMILES string of the molecule is C[P+](C)(C)CF. The highest BCUT2D eigenvalue weighted by Crippen LogP contribution is 2.45. The molecule has 0 heterocycles. The number of halogens is 1. The first-order valence-corrected chi connectivity index (χ1v) is 5.24. The first-order chi connectivity index (χ1) is 2.56. The van der Waals surface area contributed by atoms with Crippen molar-refractivity contribution in [2.75, 3.05) is 26.4 Å². The van der Waals surface area contributed by atoms with E-state index in [1.807, 2.05) is 20.0 Å². The Morgan fingerprint density at radius 1 is 1.33 bits per heavy atom. The maximum absolute atomic E-state index is 11.5.